The molecule has 7 heteroatoms. The van der Waals surface area contributed by atoms with Crippen molar-refractivity contribution in [3.63, 3.8) is 0 Å². The van der Waals surface area contributed by atoms with Crippen LogP contribution >= 0.6 is 0 Å². The Balaban J connectivity index is 2.04. The molecule has 2 heterocycles. The molecule has 0 spiro atoms. The van der Waals surface area contributed by atoms with Crippen LogP contribution in [-0.2, 0) is 5.41 Å². The molecule has 0 radical (unpaired) electrons. The quantitative estimate of drug-likeness (QED) is 0.926. The second-order valence-electron chi connectivity index (χ2n) is 5.24. The number of halogens is 3. The average molecular weight is 297 g/mol. The smallest absolute Gasteiger partial charge is 0.338 e. The van der Waals surface area contributed by atoms with Crippen LogP contribution in [0.2, 0.25) is 0 Å². The van der Waals surface area contributed by atoms with Crippen molar-refractivity contribution in [2.45, 2.75) is 24.9 Å². The summed E-state index contributed by atoms with van der Waals surface area (Å²) in [6.45, 7) is 1.90. The van der Waals surface area contributed by atoms with E-state index >= 15 is 0 Å². The minimum absolute atomic E-state index is 0.0914. The Morgan fingerprint density at radius 2 is 2.05 bits per heavy atom. The number of hydrogen-bond donors (Lipinski definition) is 1. The number of nitrogens with one attached hydrogen (secondary N) is 1. The Morgan fingerprint density at radius 3 is 2.67 bits per heavy atom. The fourth-order valence-corrected chi connectivity index (χ4v) is 2.59. The van der Waals surface area contributed by atoms with Gasteiger partial charge < -0.3 is 9.84 Å². The molecule has 4 nitrogen and oxygen atoms in total. The zero-order valence-electron chi connectivity index (χ0n) is 11.4. The summed E-state index contributed by atoms with van der Waals surface area (Å²) in [6, 6.07) is 7.24. The largest absolute Gasteiger partial charge is 0.404 e. The van der Waals surface area contributed by atoms with E-state index in [4.69, 9.17) is 4.52 Å². The van der Waals surface area contributed by atoms with Gasteiger partial charge in [-0.3, -0.25) is 0 Å². The van der Waals surface area contributed by atoms with Gasteiger partial charge in [0.1, 0.15) is 0 Å². The number of alkyl halides is 3. The summed E-state index contributed by atoms with van der Waals surface area (Å²) in [5.41, 5.74) is -0.521. The van der Waals surface area contributed by atoms with Crippen LogP contribution in [0.1, 0.15) is 17.9 Å². The molecular weight excluding hydrogens is 283 g/mol. The van der Waals surface area contributed by atoms with Gasteiger partial charge in [-0.2, -0.15) is 18.2 Å². The van der Waals surface area contributed by atoms with Crippen molar-refractivity contribution in [2.24, 2.45) is 0 Å². The molecule has 0 amide bonds. The molecule has 21 heavy (non-hydrogen) atoms. The lowest BCUT2D eigenvalue weighted by Gasteiger charge is -2.26. The third-order valence-electron chi connectivity index (χ3n) is 3.92. The maximum Gasteiger partial charge on any atom is 0.404 e. The van der Waals surface area contributed by atoms with Crippen LogP contribution in [0.3, 0.4) is 0 Å². The second kappa shape index (κ2) is 4.84. The Hall–Kier alpha value is -1.89. The molecule has 1 aliphatic rings. The van der Waals surface area contributed by atoms with Gasteiger partial charge in [0.25, 0.3) is 0 Å². The molecule has 0 bridgehead atoms. The van der Waals surface area contributed by atoms with Crippen LogP contribution in [0.15, 0.2) is 28.8 Å². The van der Waals surface area contributed by atoms with Gasteiger partial charge in [0.2, 0.25) is 11.7 Å². The van der Waals surface area contributed by atoms with E-state index in [0.717, 1.165) is 5.56 Å². The van der Waals surface area contributed by atoms with Gasteiger partial charge in [-0.05, 0) is 25.5 Å². The van der Waals surface area contributed by atoms with Gasteiger partial charge in [0, 0.05) is 12.1 Å². The van der Waals surface area contributed by atoms with Crippen molar-refractivity contribution in [3.05, 3.63) is 35.7 Å². The van der Waals surface area contributed by atoms with Crippen molar-refractivity contribution in [1.82, 2.24) is 15.5 Å². The third kappa shape index (κ3) is 2.21. The first-order valence-electron chi connectivity index (χ1n) is 6.62. The normalized spacial score (nSPS) is 22.7. The van der Waals surface area contributed by atoms with Crippen LogP contribution in [0.25, 0.3) is 11.4 Å². The molecular formula is C14H14F3N3O. The predicted molar refractivity (Wildman–Crippen MR) is 69.7 cm³/mol. The Labute approximate surface area is 119 Å². The van der Waals surface area contributed by atoms with Crippen LogP contribution in [0.5, 0.6) is 0 Å². The Kier molecular flexibility index (Phi) is 3.24. The number of rotatable bonds is 2. The molecule has 1 fully saturated rings. The fourth-order valence-electron chi connectivity index (χ4n) is 2.59. The second-order valence-corrected chi connectivity index (χ2v) is 5.24. The Bertz CT molecular complexity index is 645. The minimum atomic E-state index is -4.42. The first-order chi connectivity index (χ1) is 9.94. The molecule has 0 saturated carbocycles. The van der Waals surface area contributed by atoms with Gasteiger partial charge in [0.15, 0.2) is 5.41 Å². The van der Waals surface area contributed by atoms with E-state index in [1.807, 2.05) is 19.1 Å². The zero-order valence-corrected chi connectivity index (χ0v) is 11.4. The van der Waals surface area contributed by atoms with Crippen LogP contribution in [-0.4, -0.2) is 29.4 Å². The molecule has 1 atom stereocenters. The number of nitrogens with zero attached hydrogens (tertiary/aromatic N) is 2. The van der Waals surface area contributed by atoms with Crippen molar-refractivity contribution < 1.29 is 17.7 Å². The summed E-state index contributed by atoms with van der Waals surface area (Å²) in [4.78, 5) is 4.02. The first kappa shape index (κ1) is 14.1. The van der Waals surface area contributed by atoms with Gasteiger partial charge in [-0.1, -0.05) is 29.4 Å². The molecule has 0 aliphatic carbocycles. The van der Waals surface area contributed by atoms with E-state index in [1.54, 1.807) is 12.1 Å². The van der Waals surface area contributed by atoms with Crippen LogP contribution < -0.4 is 5.32 Å². The number of aromatic nitrogens is 2. The van der Waals surface area contributed by atoms with E-state index in [2.05, 4.69) is 15.5 Å². The lowest BCUT2D eigenvalue weighted by atomic mass is 9.86. The lowest BCUT2D eigenvalue weighted by Crippen LogP contribution is -2.44. The summed E-state index contributed by atoms with van der Waals surface area (Å²) in [5, 5.41) is 6.47. The maximum absolute atomic E-state index is 13.4. The Morgan fingerprint density at radius 1 is 1.29 bits per heavy atom. The van der Waals surface area contributed by atoms with E-state index in [9.17, 15) is 13.2 Å². The van der Waals surface area contributed by atoms with Crippen molar-refractivity contribution in [1.29, 1.82) is 0 Å². The summed E-state index contributed by atoms with van der Waals surface area (Å²) in [7, 11) is 0. The average Bonchev–Trinajstić information content (AvgIpc) is 3.08. The summed E-state index contributed by atoms with van der Waals surface area (Å²) >= 11 is 0. The summed E-state index contributed by atoms with van der Waals surface area (Å²) in [5.74, 6) is -0.170. The highest BCUT2D eigenvalue weighted by atomic mass is 19.4. The van der Waals surface area contributed by atoms with Crippen molar-refractivity contribution in [2.75, 3.05) is 13.1 Å². The number of aryl methyl sites for hydroxylation is 1. The lowest BCUT2D eigenvalue weighted by molar-refractivity contribution is -0.191. The molecule has 1 N–H and O–H groups in total. The van der Waals surface area contributed by atoms with E-state index in [1.165, 1.54) is 0 Å². The highest BCUT2D eigenvalue weighted by molar-refractivity contribution is 5.59. The van der Waals surface area contributed by atoms with Gasteiger partial charge in [0.05, 0.1) is 0 Å². The van der Waals surface area contributed by atoms with E-state index in [-0.39, 0.29) is 31.2 Å². The number of hydrogen-bond acceptors (Lipinski definition) is 4. The highest BCUT2D eigenvalue weighted by Gasteiger charge is 2.61. The SMILES string of the molecule is Cc1ccccc1-c1noc(C2(C(F)(F)F)CCNC2)n1. The minimum Gasteiger partial charge on any atom is -0.338 e. The highest BCUT2D eigenvalue weighted by Crippen LogP contribution is 2.45. The third-order valence-corrected chi connectivity index (χ3v) is 3.92. The van der Waals surface area contributed by atoms with Crippen LogP contribution in [0.4, 0.5) is 13.2 Å². The van der Waals surface area contributed by atoms with Crippen molar-refractivity contribution in [3.8, 4) is 11.4 Å². The molecule has 1 aliphatic heterocycles. The molecule has 1 aromatic carbocycles. The van der Waals surface area contributed by atoms with Crippen molar-refractivity contribution >= 4 is 0 Å². The molecule has 2 aromatic rings. The molecule has 1 unspecified atom stereocenters. The molecule has 112 valence electrons. The van der Waals surface area contributed by atoms with Gasteiger partial charge in [-0.25, -0.2) is 0 Å². The molecule has 1 saturated heterocycles. The molecule has 1 aromatic heterocycles. The van der Waals surface area contributed by atoms with Crippen LogP contribution in [0, 0.1) is 6.92 Å². The topological polar surface area (TPSA) is 51.0 Å². The first-order valence-corrected chi connectivity index (χ1v) is 6.62. The van der Waals surface area contributed by atoms with Gasteiger partial charge >= 0.3 is 6.18 Å². The maximum atomic E-state index is 13.4. The number of benzene rings is 1. The van der Waals surface area contributed by atoms with Gasteiger partial charge in [-0.15, -0.1) is 0 Å². The fraction of sp³-hybridized carbons (Fsp3) is 0.429. The summed E-state index contributed by atoms with van der Waals surface area (Å²) < 4.78 is 45.2. The van der Waals surface area contributed by atoms with E-state index < -0.39 is 11.6 Å². The zero-order chi connectivity index (χ0) is 15.1. The summed E-state index contributed by atoms with van der Waals surface area (Å²) in [6.07, 6.45) is -4.52. The molecule has 3 rings (SSSR count). The van der Waals surface area contributed by atoms with E-state index in [0.29, 0.717) is 5.56 Å². The standard InChI is InChI=1S/C14H14F3N3O/c1-9-4-2-3-5-10(9)11-19-12(21-20-11)13(14(15,16)17)6-7-18-8-13/h2-5,18H,6-8H2,1H3. The monoisotopic (exact) mass is 297 g/mol. The predicted octanol–water partition coefficient (Wildman–Crippen LogP) is 2.84.